The van der Waals surface area contributed by atoms with Crippen molar-refractivity contribution in [2.45, 2.75) is 6.42 Å². The van der Waals surface area contributed by atoms with Crippen molar-refractivity contribution in [1.82, 2.24) is 14.8 Å². The van der Waals surface area contributed by atoms with E-state index in [1.54, 1.807) is 6.07 Å². The lowest BCUT2D eigenvalue weighted by Gasteiger charge is -1.99. The van der Waals surface area contributed by atoms with Gasteiger partial charge in [-0.3, -0.25) is 9.20 Å². The Hall–Kier alpha value is -2.71. The molecule has 26 heavy (non-hydrogen) atoms. The van der Waals surface area contributed by atoms with E-state index >= 15 is 0 Å². The predicted molar refractivity (Wildman–Crippen MR) is 104 cm³/mol. The van der Waals surface area contributed by atoms with Crippen LogP contribution in [0.2, 0.25) is 0 Å². The van der Waals surface area contributed by atoms with Gasteiger partial charge in [0.15, 0.2) is 4.96 Å². The Morgan fingerprint density at radius 2 is 2.23 bits per heavy atom. The summed E-state index contributed by atoms with van der Waals surface area (Å²) in [4.78, 5) is 17.2. The smallest absolute Gasteiger partial charge is 0.246 e. The van der Waals surface area contributed by atoms with Crippen molar-refractivity contribution in [1.29, 1.82) is 0 Å². The van der Waals surface area contributed by atoms with Crippen LogP contribution < -0.4 is 5.43 Å². The number of carbonyl (C=O) groups is 1. The molecule has 8 heteroatoms. The van der Waals surface area contributed by atoms with Crippen molar-refractivity contribution in [3.05, 3.63) is 70.1 Å². The number of carbonyl (C=O) groups excluding carboxylic acids is 1. The zero-order chi connectivity index (χ0) is 17.9. The fraction of sp³-hybridized carbons (Fsp3) is 0.0556. The lowest BCUT2D eigenvalue weighted by molar-refractivity contribution is -0.120. The molecule has 130 valence electrons. The van der Waals surface area contributed by atoms with E-state index in [4.69, 9.17) is 4.42 Å². The van der Waals surface area contributed by atoms with Crippen molar-refractivity contribution in [2.75, 3.05) is 0 Å². The first-order valence-corrected chi connectivity index (χ1v) is 9.44. The molecule has 0 aliphatic carbocycles. The summed E-state index contributed by atoms with van der Waals surface area (Å²) in [6.07, 6.45) is 5.40. The predicted octanol–water partition coefficient (Wildman–Crippen LogP) is 4.11. The molecule has 1 aromatic carbocycles. The highest BCUT2D eigenvalue weighted by Gasteiger charge is 2.08. The maximum atomic E-state index is 12.0. The number of nitrogens with one attached hydrogen (secondary N) is 1. The van der Waals surface area contributed by atoms with Gasteiger partial charge in [-0.1, -0.05) is 34.1 Å². The van der Waals surface area contributed by atoms with E-state index in [1.165, 1.54) is 17.6 Å². The summed E-state index contributed by atoms with van der Waals surface area (Å²) in [6, 6.07) is 11.5. The largest absolute Gasteiger partial charge is 0.455 e. The lowest BCUT2D eigenvalue weighted by Crippen LogP contribution is -2.19. The van der Waals surface area contributed by atoms with Gasteiger partial charge < -0.3 is 4.42 Å². The van der Waals surface area contributed by atoms with Crippen molar-refractivity contribution in [2.24, 2.45) is 5.10 Å². The molecule has 0 atom stereocenters. The number of amides is 1. The molecule has 1 amide bonds. The Morgan fingerprint density at radius 3 is 3.08 bits per heavy atom. The highest BCUT2D eigenvalue weighted by atomic mass is 79.9. The summed E-state index contributed by atoms with van der Waals surface area (Å²) in [5, 5.41) is 5.89. The van der Waals surface area contributed by atoms with Gasteiger partial charge in [-0.25, -0.2) is 10.4 Å². The quantitative estimate of drug-likeness (QED) is 0.383. The fourth-order valence-electron chi connectivity index (χ4n) is 2.46. The first-order chi connectivity index (χ1) is 12.7. The van der Waals surface area contributed by atoms with Crippen LogP contribution in [0.4, 0.5) is 0 Å². The second-order valence-corrected chi connectivity index (χ2v) is 7.20. The highest BCUT2D eigenvalue weighted by molar-refractivity contribution is 9.10. The average molecular weight is 429 g/mol. The minimum Gasteiger partial charge on any atom is -0.455 e. The molecule has 0 saturated heterocycles. The molecule has 0 radical (unpaired) electrons. The molecule has 0 aliphatic heterocycles. The molecular weight excluding hydrogens is 416 g/mol. The number of thiazole rings is 1. The first kappa shape index (κ1) is 16.7. The number of hydrogen-bond acceptors (Lipinski definition) is 5. The third-order valence-electron chi connectivity index (χ3n) is 3.63. The molecule has 4 rings (SSSR count). The molecule has 0 fully saturated rings. The van der Waals surface area contributed by atoms with Crippen LogP contribution in [-0.2, 0) is 11.2 Å². The zero-order valence-electron chi connectivity index (χ0n) is 13.4. The molecule has 0 unspecified atom stereocenters. The summed E-state index contributed by atoms with van der Waals surface area (Å²) in [6.45, 7) is 0. The molecule has 6 nitrogen and oxygen atoms in total. The van der Waals surface area contributed by atoms with Crippen molar-refractivity contribution in [3.8, 4) is 11.3 Å². The number of rotatable bonds is 5. The van der Waals surface area contributed by atoms with E-state index in [0.29, 0.717) is 11.5 Å². The summed E-state index contributed by atoms with van der Waals surface area (Å²) < 4.78 is 8.58. The van der Waals surface area contributed by atoms with Gasteiger partial charge >= 0.3 is 0 Å². The minimum absolute atomic E-state index is 0.173. The van der Waals surface area contributed by atoms with Gasteiger partial charge in [-0.2, -0.15) is 5.10 Å². The van der Waals surface area contributed by atoms with E-state index in [1.807, 2.05) is 52.5 Å². The number of fused-ring (bicyclic) bond motifs is 1. The summed E-state index contributed by atoms with van der Waals surface area (Å²) in [5.41, 5.74) is 4.15. The summed E-state index contributed by atoms with van der Waals surface area (Å²) in [7, 11) is 0. The van der Waals surface area contributed by atoms with Gasteiger partial charge in [0.25, 0.3) is 0 Å². The van der Waals surface area contributed by atoms with Gasteiger partial charge in [-0.15, -0.1) is 11.3 Å². The van der Waals surface area contributed by atoms with Crippen LogP contribution in [0.25, 0.3) is 16.3 Å². The Bertz CT molecular complexity index is 1070. The molecule has 3 heterocycles. The van der Waals surface area contributed by atoms with Crippen LogP contribution in [-0.4, -0.2) is 21.5 Å². The van der Waals surface area contributed by atoms with Crippen molar-refractivity contribution < 1.29 is 9.21 Å². The van der Waals surface area contributed by atoms with Gasteiger partial charge in [0, 0.05) is 27.8 Å². The van der Waals surface area contributed by atoms with Crippen LogP contribution in [0.1, 0.15) is 11.5 Å². The first-order valence-electron chi connectivity index (χ1n) is 7.77. The van der Waals surface area contributed by atoms with Crippen molar-refractivity contribution in [3.63, 3.8) is 0 Å². The highest BCUT2D eigenvalue weighted by Crippen LogP contribution is 2.28. The third-order valence-corrected chi connectivity index (χ3v) is 5.09. The Balaban J connectivity index is 1.37. The molecular formula is C18H13BrN4O2S. The molecule has 0 aliphatic rings. The van der Waals surface area contributed by atoms with E-state index in [-0.39, 0.29) is 12.3 Å². The second-order valence-electron chi connectivity index (χ2n) is 5.48. The molecule has 0 saturated carbocycles. The molecule has 3 aromatic heterocycles. The number of imidazole rings is 1. The molecule has 1 N–H and O–H groups in total. The Labute approximate surface area is 161 Å². The molecule has 0 bridgehead atoms. The van der Waals surface area contributed by atoms with Crippen LogP contribution in [0.15, 0.2) is 68.2 Å². The van der Waals surface area contributed by atoms with Gasteiger partial charge in [0.05, 0.1) is 18.3 Å². The minimum atomic E-state index is -0.232. The number of nitrogens with zero attached hydrogens (tertiary/aromatic N) is 3. The number of hydrogen-bond donors (Lipinski definition) is 1. The van der Waals surface area contributed by atoms with E-state index in [0.717, 1.165) is 20.8 Å². The summed E-state index contributed by atoms with van der Waals surface area (Å²) in [5.74, 6) is 1.05. The van der Waals surface area contributed by atoms with Crippen LogP contribution in [0.3, 0.4) is 0 Å². The van der Waals surface area contributed by atoms with E-state index < -0.39 is 0 Å². The topological polar surface area (TPSA) is 71.9 Å². The SMILES string of the molecule is O=C(Cc1cn2ccsc2n1)NN=Cc1ccc(-c2ccccc2Br)o1. The monoisotopic (exact) mass is 428 g/mol. The maximum Gasteiger partial charge on any atom is 0.246 e. The molecule has 4 aromatic rings. The lowest BCUT2D eigenvalue weighted by atomic mass is 10.2. The zero-order valence-corrected chi connectivity index (χ0v) is 15.8. The number of benzene rings is 1. The Morgan fingerprint density at radius 1 is 1.35 bits per heavy atom. The van der Waals surface area contributed by atoms with Crippen molar-refractivity contribution >= 4 is 44.3 Å². The standard InChI is InChI=1S/C18H13BrN4O2S/c19-15-4-2-1-3-14(15)16-6-5-13(25-16)10-20-22-17(24)9-12-11-23-7-8-26-18(23)21-12/h1-8,10-11H,9H2,(H,22,24). The number of halogens is 1. The Kier molecular flexibility index (Phi) is 4.68. The number of aromatic nitrogens is 2. The average Bonchev–Trinajstić information content (AvgIpc) is 3.31. The van der Waals surface area contributed by atoms with E-state index in [9.17, 15) is 4.79 Å². The fourth-order valence-corrected chi connectivity index (χ4v) is 3.66. The number of hydrazone groups is 1. The maximum absolute atomic E-state index is 12.0. The molecule has 0 spiro atoms. The van der Waals surface area contributed by atoms with Gasteiger partial charge in [-0.05, 0) is 18.2 Å². The second kappa shape index (κ2) is 7.27. The van der Waals surface area contributed by atoms with Gasteiger partial charge in [0.2, 0.25) is 5.91 Å². The van der Waals surface area contributed by atoms with Crippen LogP contribution in [0, 0.1) is 0 Å². The van der Waals surface area contributed by atoms with E-state index in [2.05, 4.69) is 31.4 Å². The summed E-state index contributed by atoms with van der Waals surface area (Å²) >= 11 is 5.02. The third kappa shape index (κ3) is 3.61. The van der Waals surface area contributed by atoms with Crippen LogP contribution in [0.5, 0.6) is 0 Å². The normalized spacial score (nSPS) is 11.4. The van der Waals surface area contributed by atoms with Gasteiger partial charge in [0.1, 0.15) is 11.5 Å². The number of furan rings is 1. The van der Waals surface area contributed by atoms with Crippen LogP contribution >= 0.6 is 27.3 Å².